The molecule has 1 saturated carbocycles. The Balaban J connectivity index is 0.00000133. The Kier molecular flexibility index (Phi) is 4.88. The van der Waals surface area contributed by atoms with Crippen LogP contribution in [0.2, 0.25) is 0 Å². The van der Waals surface area contributed by atoms with Crippen LogP contribution in [-0.4, -0.2) is 24.0 Å². The van der Waals surface area contributed by atoms with E-state index in [1.165, 1.54) is 43.5 Å². The fourth-order valence-corrected chi connectivity index (χ4v) is 3.77. The molecule has 1 heterocycles. The summed E-state index contributed by atoms with van der Waals surface area (Å²) in [4.78, 5) is 2.61. The number of halogens is 1. The van der Waals surface area contributed by atoms with Crippen molar-refractivity contribution < 1.29 is 0 Å². The molecule has 2 N–H and O–H groups in total. The topological polar surface area (TPSA) is 29.3 Å². The van der Waals surface area contributed by atoms with Gasteiger partial charge >= 0.3 is 0 Å². The monoisotopic (exact) mass is 280 g/mol. The Morgan fingerprint density at radius 2 is 2.00 bits per heavy atom. The fourth-order valence-electron chi connectivity index (χ4n) is 3.77. The summed E-state index contributed by atoms with van der Waals surface area (Å²) >= 11 is 0. The quantitative estimate of drug-likeness (QED) is 0.902. The number of aryl methyl sites for hydroxylation is 1. The lowest BCUT2D eigenvalue weighted by Crippen LogP contribution is -2.38. The third-order valence-electron chi connectivity index (χ3n) is 4.88. The standard InChI is InChI=1S/C16H24N2.ClH/c1-12-5-2-3-6-13(12)9-18-10-14-7-4-8-16(17)15(14)11-18;/h2-3,5-6,14-16H,4,7-11,17H2,1H3;1H. The zero-order valence-electron chi connectivity index (χ0n) is 11.7. The highest BCUT2D eigenvalue weighted by atomic mass is 35.5. The van der Waals surface area contributed by atoms with Crippen LogP contribution in [0.15, 0.2) is 24.3 Å². The summed E-state index contributed by atoms with van der Waals surface area (Å²) in [6.07, 6.45) is 3.96. The average Bonchev–Trinajstić information content (AvgIpc) is 2.76. The molecule has 1 aromatic carbocycles. The summed E-state index contributed by atoms with van der Waals surface area (Å²) in [5, 5.41) is 0. The summed E-state index contributed by atoms with van der Waals surface area (Å²) in [5.74, 6) is 1.61. The summed E-state index contributed by atoms with van der Waals surface area (Å²) < 4.78 is 0. The van der Waals surface area contributed by atoms with Crippen LogP contribution in [0.5, 0.6) is 0 Å². The Hall–Kier alpha value is -0.570. The van der Waals surface area contributed by atoms with Gasteiger partial charge in [-0.05, 0) is 42.7 Å². The maximum absolute atomic E-state index is 6.28. The van der Waals surface area contributed by atoms with Gasteiger partial charge in [-0.3, -0.25) is 4.90 Å². The predicted molar refractivity (Wildman–Crippen MR) is 82.5 cm³/mol. The minimum atomic E-state index is 0. The van der Waals surface area contributed by atoms with E-state index < -0.39 is 0 Å². The first kappa shape index (κ1) is 14.8. The summed E-state index contributed by atoms with van der Waals surface area (Å²) in [7, 11) is 0. The smallest absolute Gasteiger partial charge is 0.0236 e. The van der Waals surface area contributed by atoms with Gasteiger partial charge < -0.3 is 5.73 Å². The van der Waals surface area contributed by atoms with Crippen LogP contribution in [-0.2, 0) is 6.54 Å². The van der Waals surface area contributed by atoms with E-state index >= 15 is 0 Å². The summed E-state index contributed by atoms with van der Waals surface area (Å²) in [6.45, 7) is 5.78. The van der Waals surface area contributed by atoms with Gasteiger partial charge in [0, 0.05) is 25.7 Å². The van der Waals surface area contributed by atoms with Gasteiger partial charge in [-0.25, -0.2) is 0 Å². The van der Waals surface area contributed by atoms with Gasteiger partial charge in [0.15, 0.2) is 0 Å². The molecule has 106 valence electrons. The highest BCUT2D eigenvalue weighted by Gasteiger charge is 2.38. The van der Waals surface area contributed by atoms with Gasteiger partial charge in [0.05, 0.1) is 0 Å². The normalized spacial score (nSPS) is 30.7. The van der Waals surface area contributed by atoms with E-state index in [1.807, 2.05) is 0 Å². The number of hydrogen-bond donors (Lipinski definition) is 1. The highest BCUT2D eigenvalue weighted by Crippen LogP contribution is 2.36. The van der Waals surface area contributed by atoms with Crippen molar-refractivity contribution in [1.29, 1.82) is 0 Å². The first-order valence-corrected chi connectivity index (χ1v) is 7.26. The Bertz CT molecular complexity index is 421. The molecular formula is C16H25ClN2. The predicted octanol–water partition coefficient (Wildman–Crippen LogP) is 2.98. The minimum Gasteiger partial charge on any atom is -0.327 e. The molecule has 19 heavy (non-hydrogen) atoms. The third kappa shape index (κ3) is 3.13. The molecule has 0 aromatic heterocycles. The van der Waals surface area contributed by atoms with Crippen molar-refractivity contribution in [2.45, 2.75) is 38.8 Å². The SMILES string of the molecule is Cc1ccccc1CN1CC2CCCC(N)C2C1.Cl. The lowest BCUT2D eigenvalue weighted by Gasteiger charge is -2.29. The number of hydrogen-bond acceptors (Lipinski definition) is 2. The molecule has 0 bridgehead atoms. The average molecular weight is 281 g/mol. The second kappa shape index (κ2) is 6.25. The van der Waals surface area contributed by atoms with E-state index in [-0.39, 0.29) is 12.4 Å². The second-order valence-corrected chi connectivity index (χ2v) is 6.14. The number of likely N-dealkylation sites (tertiary alicyclic amines) is 1. The number of nitrogens with two attached hydrogens (primary N) is 1. The number of nitrogens with zero attached hydrogens (tertiary/aromatic N) is 1. The molecule has 2 nitrogen and oxygen atoms in total. The van der Waals surface area contributed by atoms with Crippen LogP contribution in [0.4, 0.5) is 0 Å². The van der Waals surface area contributed by atoms with Gasteiger partial charge in [-0.2, -0.15) is 0 Å². The first-order chi connectivity index (χ1) is 8.74. The molecule has 3 heteroatoms. The molecule has 2 fully saturated rings. The molecule has 1 saturated heterocycles. The van der Waals surface area contributed by atoms with Crippen molar-refractivity contribution in [2.75, 3.05) is 13.1 Å². The van der Waals surface area contributed by atoms with Crippen LogP contribution in [0.3, 0.4) is 0 Å². The molecule has 1 aliphatic carbocycles. The zero-order chi connectivity index (χ0) is 12.5. The molecule has 0 amide bonds. The number of benzene rings is 1. The Morgan fingerprint density at radius 1 is 1.21 bits per heavy atom. The molecule has 3 atom stereocenters. The molecule has 3 unspecified atom stereocenters. The van der Waals surface area contributed by atoms with E-state index in [1.54, 1.807) is 0 Å². The van der Waals surface area contributed by atoms with Crippen molar-refractivity contribution in [2.24, 2.45) is 17.6 Å². The molecule has 2 aliphatic rings. The zero-order valence-corrected chi connectivity index (χ0v) is 12.5. The second-order valence-electron chi connectivity index (χ2n) is 6.14. The highest BCUT2D eigenvalue weighted by molar-refractivity contribution is 5.85. The Labute approximate surface area is 122 Å². The largest absolute Gasteiger partial charge is 0.327 e. The lowest BCUT2D eigenvalue weighted by atomic mass is 9.78. The van der Waals surface area contributed by atoms with Gasteiger partial charge in [0.1, 0.15) is 0 Å². The summed E-state index contributed by atoms with van der Waals surface area (Å²) in [5.41, 5.74) is 9.17. The molecule has 0 radical (unpaired) electrons. The van der Waals surface area contributed by atoms with Crippen LogP contribution in [0, 0.1) is 18.8 Å². The summed E-state index contributed by atoms with van der Waals surface area (Å²) in [6, 6.07) is 9.20. The van der Waals surface area contributed by atoms with E-state index in [0.717, 1.165) is 18.4 Å². The van der Waals surface area contributed by atoms with Crippen LogP contribution >= 0.6 is 12.4 Å². The van der Waals surface area contributed by atoms with E-state index in [9.17, 15) is 0 Å². The molecule has 0 spiro atoms. The minimum absolute atomic E-state index is 0. The first-order valence-electron chi connectivity index (χ1n) is 7.26. The molecule has 1 aromatic rings. The van der Waals surface area contributed by atoms with E-state index in [4.69, 9.17) is 5.73 Å². The molecular weight excluding hydrogens is 256 g/mol. The van der Waals surface area contributed by atoms with Gasteiger partial charge in [0.2, 0.25) is 0 Å². The van der Waals surface area contributed by atoms with Crippen LogP contribution in [0.25, 0.3) is 0 Å². The van der Waals surface area contributed by atoms with Crippen LogP contribution in [0.1, 0.15) is 30.4 Å². The molecule has 1 aliphatic heterocycles. The Morgan fingerprint density at radius 3 is 2.74 bits per heavy atom. The third-order valence-corrected chi connectivity index (χ3v) is 4.88. The fraction of sp³-hybridized carbons (Fsp3) is 0.625. The molecule has 3 rings (SSSR count). The van der Waals surface area contributed by atoms with Gasteiger partial charge in [0.25, 0.3) is 0 Å². The number of rotatable bonds is 2. The van der Waals surface area contributed by atoms with Gasteiger partial charge in [-0.15, -0.1) is 12.4 Å². The lowest BCUT2D eigenvalue weighted by molar-refractivity contribution is 0.259. The maximum atomic E-state index is 6.28. The van der Waals surface area contributed by atoms with Crippen molar-refractivity contribution in [3.8, 4) is 0 Å². The van der Waals surface area contributed by atoms with E-state index in [0.29, 0.717) is 6.04 Å². The van der Waals surface area contributed by atoms with Crippen molar-refractivity contribution >= 4 is 12.4 Å². The van der Waals surface area contributed by atoms with Crippen molar-refractivity contribution in [3.05, 3.63) is 35.4 Å². The van der Waals surface area contributed by atoms with E-state index in [2.05, 4.69) is 36.1 Å². The number of fused-ring (bicyclic) bond motifs is 1. The van der Waals surface area contributed by atoms with Crippen molar-refractivity contribution in [3.63, 3.8) is 0 Å². The van der Waals surface area contributed by atoms with Gasteiger partial charge in [-0.1, -0.05) is 30.7 Å². The van der Waals surface area contributed by atoms with Crippen LogP contribution < -0.4 is 5.73 Å². The van der Waals surface area contributed by atoms with Crippen molar-refractivity contribution in [1.82, 2.24) is 4.90 Å². The maximum Gasteiger partial charge on any atom is 0.0236 e.